The van der Waals surface area contributed by atoms with Crippen molar-refractivity contribution in [3.05, 3.63) is 0 Å². The van der Waals surface area contributed by atoms with E-state index in [1.165, 1.54) is 0 Å². The molecule has 0 fully saturated rings. The lowest BCUT2D eigenvalue weighted by atomic mass is 9.87. The van der Waals surface area contributed by atoms with E-state index in [2.05, 4.69) is 10.6 Å². The number of hydrogen-bond acceptors (Lipinski definition) is 6. The van der Waals surface area contributed by atoms with Crippen LogP contribution in [0.3, 0.4) is 0 Å². The SMILES string of the molecule is CCCC(C)(COC(=O)NC(=O)CC)COC(=O)NC(=O)CC. The fraction of sp³-hybridized carbons (Fsp3) is 0.733. The second kappa shape index (κ2) is 10.6. The highest BCUT2D eigenvalue weighted by Gasteiger charge is 2.28. The van der Waals surface area contributed by atoms with Gasteiger partial charge in [0.1, 0.15) is 13.2 Å². The van der Waals surface area contributed by atoms with Crippen LogP contribution in [0.15, 0.2) is 0 Å². The third kappa shape index (κ3) is 9.49. The normalized spacial score (nSPS) is 10.6. The van der Waals surface area contributed by atoms with Crippen molar-refractivity contribution >= 4 is 24.0 Å². The molecule has 4 amide bonds. The Labute approximate surface area is 136 Å². The Balaban J connectivity index is 4.43. The van der Waals surface area contributed by atoms with Crippen LogP contribution < -0.4 is 10.6 Å². The highest BCUT2D eigenvalue weighted by molar-refractivity contribution is 5.92. The van der Waals surface area contributed by atoms with Crippen LogP contribution in [0.1, 0.15) is 53.4 Å². The Hall–Kier alpha value is -2.12. The standard InChI is InChI=1S/C15H26N2O6/c1-5-8-15(4,9-22-13(20)16-11(18)6-2)10-23-14(21)17-12(19)7-3/h5-10H2,1-4H3,(H,16,18,20)(H,17,19,21). The van der Waals surface area contributed by atoms with Crippen molar-refractivity contribution in [1.29, 1.82) is 0 Å². The van der Waals surface area contributed by atoms with E-state index in [-0.39, 0.29) is 26.1 Å². The summed E-state index contributed by atoms with van der Waals surface area (Å²) in [5.74, 6) is -0.859. The molecule has 0 aromatic carbocycles. The summed E-state index contributed by atoms with van der Waals surface area (Å²) in [7, 11) is 0. The maximum absolute atomic E-state index is 11.5. The van der Waals surface area contributed by atoms with Crippen LogP contribution in [0.2, 0.25) is 0 Å². The molecule has 23 heavy (non-hydrogen) atoms. The van der Waals surface area contributed by atoms with Crippen molar-refractivity contribution in [2.75, 3.05) is 13.2 Å². The van der Waals surface area contributed by atoms with Gasteiger partial charge < -0.3 is 9.47 Å². The maximum Gasteiger partial charge on any atom is 0.413 e. The van der Waals surface area contributed by atoms with E-state index in [4.69, 9.17) is 9.47 Å². The van der Waals surface area contributed by atoms with Gasteiger partial charge in [-0.05, 0) is 6.42 Å². The predicted octanol–water partition coefficient (Wildman–Crippen LogP) is 2.12. The van der Waals surface area contributed by atoms with Crippen LogP contribution in [0.4, 0.5) is 9.59 Å². The average molecular weight is 330 g/mol. The molecule has 0 heterocycles. The van der Waals surface area contributed by atoms with Crippen LogP contribution in [0.5, 0.6) is 0 Å². The molecule has 0 rings (SSSR count). The predicted molar refractivity (Wildman–Crippen MR) is 82.6 cm³/mol. The molecule has 0 saturated heterocycles. The van der Waals surface area contributed by atoms with E-state index < -0.39 is 29.4 Å². The number of hydrogen-bond donors (Lipinski definition) is 2. The van der Waals surface area contributed by atoms with Gasteiger partial charge in [-0.2, -0.15) is 0 Å². The smallest absolute Gasteiger partial charge is 0.413 e. The molecule has 0 atom stereocenters. The molecule has 0 aliphatic heterocycles. The largest absolute Gasteiger partial charge is 0.449 e. The first-order chi connectivity index (χ1) is 10.8. The number of nitrogens with one attached hydrogen (secondary N) is 2. The first-order valence-corrected chi connectivity index (χ1v) is 7.69. The van der Waals surface area contributed by atoms with Gasteiger partial charge in [-0.1, -0.05) is 34.1 Å². The molecule has 8 nitrogen and oxygen atoms in total. The van der Waals surface area contributed by atoms with Gasteiger partial charge in [0, 0.05) is 18.3 Å². The Morgan fingerprint density at radius 1 is 0.826 bits per heavy atom. The van der Waals surface area contributed by atoms with Gasteiger partial charge in [-0.3, -0.25) is 20.2 Å². The highest BCUT2D eigenvalue weighted by atomic mass is 16.6. The topological polar surface area (TPSA) is 111 Å². The molecule has 2 N–H and O–H groups in total. The van der Waals surface area contributed by atoms with Crippen LogP contribution in [-0.4, -0.2) is 37.2 Å². The van der Waals surface area contributed by atoms with Crippen LogP contribution >= 0.6 is 0 Å². The summed E-state index contributed by atoms with van der Waals surface area (Å²) in [5.41, 5.74) is -0.603. The van der Waals surface area contributed by atoms with Crippen molar-refractivity contribution in [2.24, 2.45) is 5.41 Å². The summed E-state index contributed by atoms with van der Waals surface area (Å²) in [4.78, 5) is 45.1. The van der Waals surface area contributed by atoms with Crippen molar-refractivity contribution in [3.63, 3.8) is 0 Å². The van der Waals surface area contributed by atoms with Gasteiger partial charge in [-0.25, -0.2) is 9.59 Å². The zero-order valence-electron chi connectivity index (χ0n) is 14.2. The number of carbonyl (C=O) groups is 4. The summed E-state index contributed by atoms with van der Waals surface area (Å²) in [6.45, 7) is 6.94. The fourth-order valence-electron chi connectivity index (χ4n) is 1.75. The van der Waals surface area contributed by atoms with E-state index in [9.17, 15) is 19.2 Å². The molecule has 0 aromatic heterocycles. The van der Waals surface area contributed by atoms with E-state index in [0.717, 1.165) is 6.42 Å². The average Bonchev–Trinajstić information content (AvgIpc) is 2.51. The van der Waals surface area contributed by atoms with Gasteiger partial charge in [0.25, 0.3) is 0 Å². The summed E-state index contributed by atoms with van der Waals surface area (Å²) >= 11 is 0. The van der Waals surface area contributed by atoms with Gasteiger partial charge in [0.05, 0.1) is 0 Å². The summed E-state index contributed by atoms with van der Waals surface area (Å²) in [6.07, 6.45) is 0.117. The van der Waals surface area contributed by atoms with E-state index in [1.54, 1.807) is 20.8 Å². The molecule has 0 saturated carbocycles. The molecule has 132 valence electrons. The molecular weight excluding hydrogens is 304 g/mol. The highest BCUT2D eigenvalue weighted by Crippen LogP contribution is 2.24. The molecule has 0 spiro atoms. The molecule has 0 aliphatic rings. The van der Waals surface area contributed by atoms with Crippen LogP contribution in [0, 0.1) is 5.41 Å². The molecular formula is C15H26N2O6. The first kappa shape index (κ1) is 20.9. The number of rotatable bonds is 8. The number of carbonyl (C=O) groups excluding carboxylic acids is 4. The molecule has 0 bridgehead atoms. The van der Waals surface area contributed by atoms with Gasteiger partial charge in [0.15, 0.2) is 0 Å². The number of imide groups is 2. The lowest BCUT2D eigenvalue weighted by Crippen LogP contribution is -2.38. The summed E-state index contributed by atoms with van der Waals surface area (Å²) < 4.78 is 10.0. The molecule has 0 unspecified atom stereocenters. The van der Waals surface area contributed by atoms with Gasteiger partial charge in [0.2, 0.25) is 11.8 Å². The Morgan fingerprint density at radius 3 is 1.52 bits per heavy atom. The molecule has 8 heteroatoms. The second-order valence-corrected chi connectivity index (χ2v) is 5.52. The first-order valence-electron chi connectivity index (χ1n) is 7.69. The molecule has 0 radical (unpaired) electrons. The van der Waals surface area contributed by atoms with E-state index >= 15 is 0 Å². The van der Waals surface area contributed by atoms with Crippen molar-refractivity contribution in [1.82, 2.24) is 10.6 Å². The maximum atomic E-state index is 11.5. The Kier molecular flexibility index (Phi) is 9.60. The van der Waals surface area contributed by atoms with Crippen LogP contribution in [-0.2, 0) is 19.1 Å². The lowest BCUT2D eigenvalue weighted by Gasteiger charge is -2.28. The van der Waals surface area contributed by atoms with Gasteiger partial charge >= 0.3 is 12.2 Å². The van der Waals surface area contributed by atoms with Crippen molar-refractivity contribution in [3.8, 4) is 0 Å². The summed E-state index contributed by atoms with van der Waals surface area (Å²) in [6, 6.07) is 0. The number of amides is 4. The second-order valence-electron chi connectivity index (χ2n) is 5.52. The van der Waals surface area contributed by atoms with Gasteiger partial charge in [-0.15, -0.1) is 0 Å². The van der Waals surface area contributed by atoms with E-state index in [1.807, 2.05) is 6.92 Å². The Bertz CT molecular complexity index is 402. The molecule has 0 aromatic rings. The number of ether oxygens (including phenoxy) is 2. The quantitative estimate of drug-likeness (QED) is 0.705. The third-order valence-electron chi connectivity index (χ3n) is 3.08. The fourth-order valence-corrected chi connectivity index (χ4v) is 1.75. The minimum atomic E-state index is -0.829. The minimum absolute atomic E-state index is 0.0152. The lowest BCUT2D eigenvalue weighted by molar-refractivity contribution is -0.121. The Morgan fingerprint density at radius 2 is 1.22 bits per heavy atom. The monoisotopic (exact) mass is 330 g/mol. The van der Waals surface area contributed by atoms with Crippen molar-refractivity contribution < 1.29 is 28.7 Å². The van der Waals surface area contributed by atoms with E-state index in [0.29, 0.717) is 6.42 Å². The summed E-state index contributed by atoms with van der Waals surface area (Å²) in [5, 5.41) is 4.16. The third-order valence-corrected chi connectivity index (χ3v) is 3.08. The zero-order valence-corrected chi connectivity index (χ0v) is 14.2. The zero-order chi connectivity index (χ0) is 17.9. The molecule has 0 aliphatic carbocycles. The number of alkyl carbamates (subject to hydrolysis) is 2. The van der Waals surface area contributed by atoms with Crippen molar-refractivity contribution in [2.45, 2.75) is 53.4 Å². The minimum Gasteiger partial charge on any atom is -0.449 e. The van der Waals surface area contributed by atoms with Crippen LogP contribution in [0.25, 0.3) is 0 Å².